The van der Waals surface area contributed by atoms with E-state index < -0.39 is 88.4 Å². The van der Waals surface area contributed by atoms with Gasteiger partial charge < -0.3 is 44.0 Å². The molecule has 1 saturated carbocycles. The SMILES string of the molecule is COC(C(=O)OC1C[C@@](O)([C@H](C)Oc2ccccc2)C(C)(C)C([C@@H](OC(C)=O)C(=O)[C@@]2(C)C[C@]3(OC(C)=O)CO[C@@H]3C[C@@H]2O)=C1C)C(NCc1ccccc1)c1ccccc1. The highest BCUT2D eigenvalue weighted by atomic mass is 16.6. The van der Waals surface area contributed by atoms with E-state index in [4.69, 9.17) is 28.4 Å². The summed E-state index contributed by atoms with van der Waals surface area (Å²) in [7, 11) is 1.42. The van der Waals surface area contributed by atoms with E-state index in [9.17, 15) is 24.6 Å². The maximum Gasteiger partial charge on any atom is 0.337 e. The number of methoxy groups -OCH3 is 1. The van der Waals surface area contributed by atoms with Crippen LogP contribution in [0.15, 0.2) is 102 Å². The van der Waals surface area contributed by atoms with Gasteiger partial charge in [-0.2, -0.15) is 0 Å². The first-order chi connectivity index (χ1) is 28.9. The highest BCUT2D eigenvalue weighted by molar-refractivity contribution is 5.94. The third kappa shape index (κ3) is 9.03. The molecule has 13 heteroatoms. The van der Waals surface area contributed by atoms with E-state index in [2.05, 4.69) is 5.32 Å². The van der Waals surface area contributed by atoms with Crippen LogP contribution in [0.3, 0.4) is 0 Å². The summed E-state index contributed by atoms with van der Waals surface area (Å²) in [5.74, 6) is -2.32. The van der Waals surface area contributed by atoms with Crippen molar-refractivity contribution in [2.75, 3.05) is 13.7 Å². The molecule has 1 aliphatic heterocycles. The Balaban J connectivity index is 1.43. The number of ketones is 1. The van der Waals surface area contributed by atoms with E-state index in [1.165, 1.54) is 21.0 Å². The molecule has 13 nitrogen and oxygen atoms in total. The first-order valence-electron chi connectivity index (χ1n) is 20.8. The lowest BCUT2D eigenvalue weighted by Gasteiger charge is -2.58. The molecule has 61 heavy (non-hydrogen) atoms. The lowest BCUT2D eigenvalue weighted by atomic mass is 9.55. The molecular weight excluding hydrogens is 783 g/mol. The standard InChI is InChI=1S/C48H59NO12/c1-29-36(60-44(54)42(56-8)40(34-20-14-10-15-21-34)49-26-33-18-12-9-13-19-33)25-48(55,30(2)58-35-22-16-11-17-23-35)45(5,6)39(29)41(59-31(3)50)43(53)46(7)27-47(61-32(4)51)28-57-38(47)24-37(46)52/h9-23,30,36-38,40-42,49,52,55H,24-28H2,1-8H3/t30-,36?,37-,38+,40?,41+,42?,46-,47-,48+/m0/s1. The van der Waals surface area contributed by atoms with Crippen LogP contribution in [0, 0.1) is 10.8 Å². The average molecular weight is 842 g/mol. The number of para-hydroxylation sites is 1. The summed E-state index contributed by atoms with van der Waals surface area (Å²) in [6.07, 6.45) is -7.25. The second kappa shape index (κ2) is 18.2. The van der Waals surface area contributed by atoms with E-state index in [1.807, 2.05) is 66.7 Å². The minimum Gasteiger partial charge on any atom is -0.488 e. The molecule has 2 aliphatic carbocycles. The minimum atomic E-state index is -1.88. The topological polar surface area (TPSA) is 176 Å². The van der Waals surface area contributed by atoms with Crippen LogP contribution >= 0.6 is 0 Å². The van der Waals surface area contributed by atoms with Gasteiger partial charge in [0.25, 0.3) is 0 Å². The van der Waals surface area contributed by atoms with Crippen LogP contribution in [-0.4, -0.2) is 95.4 Å². The van der Waals surface area contributed by atoms with E-state index in [0.717, 1.165) is 11.1 Å². The minimum absolute atomic E-state index is 0.0187. The summed E-state index contributed by atoms with van der Waals surface area (Å²) in [5.41, 5.74) is -3.79. The van der Waals surface area contributed by atoms with Gasteiger partial charge in [0.05, 0.1) is 24.2 Å². The molecule has 3 unspecified atom stereocenters. The fourth-order valence-electron chi connectivity index (χ4n) is 9.60. The Bertz CT molecular complexity index is 2080. The van der Waals surface area contributed by atoms with Gasteiger partial charge in [0, 0.05) is 52.2 Å². The van der Waals surface area contributed by atoms with Crippen molar-refractivity contribution in [3.63, 3.8) is 0 Å². The van der Waals surface area contributed by atoms with Gasteiger partial charge in [-0.05, 0) is 55.2 Å². The van der Waals surface area contributed by atoms with Crippen molar-refractivity contribution >= 4 is 23.7 Å². The highest BCUT2D eigenvalue weighted by Gasteiger charge is 2.66. The number of hydrogen-bond acceptors (Lipinski definition) is 13. The highest BCUT2D eigenvalue weighted by Crippen LogP contribution is 2.56. The zero-order valence-electron chi connectivity index (χ0n) is 36.2. The van der Waals surface area contributed by atoms with Gasteiger partial charge in [-0.1, -0.05) is 92.7 Å². The zero-order chi connectivity index (χ0) is 44.3. The number of hydrogen-bond donors (Lipinski definition) is 3. The Labute approximate surface area is 357 Å². The third-order valence-corrected chi connectivity index (χ3v) is 13.1. The Morgan fingerprint density at radius 3 is 2.07 bits per heavy atom. The largest absolute Gasteiger partial charge is 0.488 e. The molecule has 1 saturated heterocycles. The molecule has 0 spiro atoms. The lowest BCUT2D eigenvalue weighted by Crippen LogP contribution is -2.70. The molecule has 0 bridgehead atoms. The van der Waals surface area contributed by atoms with Gasteiger partial charge in [-0.15, -0.1) is 0 Å². The van der Waals surface area contributed by atoms with E-state index >= 15 is 4.79 Å². The summed E-state index contributed by atoms with van der Waals surface area (Å²) in [6.45, 7) is 11.3. The van der Waals surface area contributed by atoms with E-state index in [-0.39, 0.29) is 31.4 Å². The molecule has 2 fully saturated rings. The Morgan fingerprint density at radius 2 is 1.51 bits per heavy atom. The monoisotopic (exact) mass is 841 g/mol. The molecule has 10 atom stereocenters. The molecule has 1 heterocycles. The van der Waals surface area contributed by atoms with Gasteiger partial charge in [0.1, 0.15) is 29.7 Å². The Kier molecular flexibility index (Phi) is 13.6. The average Bonchev–Trinajstić information content (AvgIpc) is 3.22. The molecule has 3 aromatic rings. The van der Waals surface area contributed by atoms with Gasteiger partial charge in [0.15, 0.2) is 23.6 Å². The van der Waals surface area contributed by atoms with E-state index in [1.54, 1.807) is 58.9 Å². The number of aliphatic hydroxyl groups excluding tert-OH is 1. The van der Waals surface area contributed by atoms with Crippen LogP contribution in [0.2, 0.25) is 0 Å². The first kappa shape index (κ1) is 45.6. The van der Waals surface area contributed by atoms with Crippen LogP contribution in [-0.2, 0) is 49.4 Å². The number of carbonyl (C=O) groups excluding carboxylic acids is 4. The first-order valence-corrected chi connectivity index (χ1v) is 20.8. The van der Waals surface area contributed by atoms with Crippen LogP contribution in [0.1, 0.15) is 84.9 Å². The lowest BCUT2D eigenvalue weighted by molar-refractivity contribution is -0.291. The molecule has 328 valence electrons. The van der Waals surface area contributed by atoms with E-state index in [0.29, 0.717) is 17.9 Å². The molecule has 0 radical (unpaired) electrons. The quantitative estimate of drug-likeness (QED) is 0.0904. The summed E-state index contributed by atoms with van der Waals surface area (Å²) in [5, 5.41) is 28.3. The zero-order valence-corrected chi connectivity index (χ0v) is 36.2. The molecular formula is C48H59NO12. The fraction of sp³-hybridized carbons (Fsp3) is 0.500. The van der Waals surface area contributed by atoms with Gasteiger partial charge in [-0.25, -0.2) is 4.79 Å². The summed E-state index contributed by atoms with van der Waals surface area (Å²) < 4.78 is 36.1. The number of fused-ring (bicyclic) bond motifs is 1. The second-order valence-corrected chi connectivity index (χ2v) is 17.4. The summed E-state index contributed by atoms with van der Waals surface area (Å²) in [4.78, 5) is 55.3. The molecule has 0 aromatic heterocycles. The number of esters is 3. The van der Waals surface area contributed by atoms with Gasteiger partial charge in [-0.3, -0.25) is 14.4 Å². The Morgan fingerprint density at radius 1 is 0.902 bits per heavy atom. The summed E-state index contributed by atoms with van der Waals surface area (Å²) in [6, 6.07) is 27.3. The predicted octanol–water partition coefficient (Wildman–Crippen LogP) is 5.75. The van der Waals surface area contributed by atoms with Crippen LogP contribution in [0.4, 0.5) is 0 Å². The molecule has 0 amide bonds. The van der Waals surface area contributed by atoms with Crippen molar-refractivity contribution in [3.8, 4) is 5.75 Å². The maximum absolute atomic E-state index is 15.3. The maximum atomic E-state index is 15.3. The molecule has 3 N–H and O–H groups in total. The van der Waals surface area contributed by atoms with Crippen molar-refractivity contribution in [1.29, 1.82) is 0 Å². The number of aliphatic hydroxyl groups is 2. The number of rotatable bonds is 16. The van der Waals surface area contributed by atoms with Crippen molar-refractivity contribution in [1.82, 2.24) is 5.32 Å². The normalized spacial score (nSPS) is 28.8. The summed E-state index contributed by atoms with van der Waals surface area (Å²) >= 11 is 0. The number of ether oxygens (including phenoxy) is 6. The fourth-order valence-corrected chi connectivity index (χ4v) is 9.60. The van der Waals surface area contributed by atoms with Crippen LogP contribution in [0.25, 0.3) is 0 Å². The Hall–Kier alpha value is -4.92. The predicted molar refractivity (Wildman–Crippen MR) is 224 cm³/mol. The number of carbonyl (C=O) groups is 4. The van der Waals surface area contributed by atoms with Gasteiger partial charge >= 0.3 is 17.9 Å². The number of nitrogens with one attached hydrogen (secondary N) is 1. The molecule has 6 rings (SSSR count). The van der Waals surface area contributed by atoms with Crippen molar-refractivity contribution in [3.05, 3.63) is 113 Å². The number of Topliss-reactive ketones (excluding diaryl/α,β-unsaturated/α-hetero) is 1. The van der Waals surface area contributed by atoms with Crippen molar-refractivity contribution in [2.45, 2.75) is 128 Å². The van der Waals surface area contributed by atoms with Crippen molar-refractivity contribution in [2.24, 2.45) is 10.8 Å². The third-order valence-electron chi connectivity index (χ3n) is 13.1. The molecule has 3 aliphatic rings. The van der Waals surface area contributed by atoms with Gasteiger partial charge in [0.2, 0.25) is 0 Å². The second-order valence-electron chi connectivity index (χ2n) is 17.4. The smallest absolute Gasteiger partial charge is 0.337 e. The van der Waals surface area contributed by atoms with Crippen LogP contribution in [0.5, 0.6) is 5.75 Å². The molecule has 3 aromatic carbocycles. The number of benzene rings is 3. The van der Waals surface area contributed by atoms with Crippen molar-refractivity contribution < 1.29 is 57.8 Å². The van der Waals surface area contributed by atoms with Crippen LogP contribution < -0.4 is 10.1 Å².